The van der Waals surface area contributed by atoms with Crippen LogP contribution in [0.1, 0.15) is 36.9 Å². The first-order chi connectivity index (χ1) is 6.56. The Balaban J connectivity index is 2.73. The molecule has 0 radical (unpaired) electrons. The summed E-state index contributed by atoms with van der Waals surface area (Å²) in [6.07, 6.45) is 2.37. The number of halogens is 3. The average Bonchev–Trinajstić information content (AvgIpc) is 2.46. The third-order valence-corrected chi connectivity index (χ3v) is 6.31. The minimum atomic E-state index is 0.141. The standard InChI is InChI=1S/C10H13Br2ClS/c1-3-4-6(2)9(13)8-5-7(11)10(12)14-8/h5-6,9H,3-4H2,1-2H3. The second-order valence-corrected chi connectivity index (χ2v) is 7.16. The predicted octanol–water partition coefficient (Wildman–Crippen LogP) is 5.99. The van der Waals surface area contributed by atoms with Crippen LogP contribution < -0.4 is 0 Å². The molecule has 0 saturated carbocycles. The summed E-state index contributed by atoms with van der Waals surface area (Å²) < 4.78 is 2.23. The van der Waals surface area contributed by atoms with Crippen LogP contribution in [0.15, 0.2) is 14.3 Å². The van der Waals surface area contributed by atoms with Crippen LogP contribution in [-0.4, -0.2) is 0 Å². The molecule has 0 nitrogen and oxygen atoms in total. The molecule has 0 saturated heterocycles. The molecule has 1 aromatic rings. The maximum absolute atomic E-state index is 6.39. The average molecular weight is 361 g/mol. The van der Waals surface area contributed by atoms with Gasteiger partial charge in [-0.3, -0.25) is 0 Å². The van der Waals surface area contributed by atoms with E-state index in [0.29, 0.717) is 5.92 Å². The summed E-state index contributed by atoms with van der Waals surface area (Å²) in [6.45, 7) is 4.41. The first-order valence-corrected chi connectivity index (χ1v) is 7.49. The van der Waals surface area contributed by atoms with Gasteiger partial charge in [-0.15, -0.1) is 22.9 Å². The molecule has 0 aliphatic carbocycles. The van der Waals surface area contributed by atoms with E-state index in [4.69, 9.17) is 11.6 Å². The quantitative estimate of drug-likeness (QED) is 0.579. The van der Waals surface area contributed by atoms with Crippen LogP contribution in [0.25, 0.3) is 0 Å². The van der Waals surface area contributed by atoms with Crippen molar-refractivity contribution in [3.05, 3.63) is 19.2 Å². The zero-order valence-corrected chi connectivity index (χ0v) is 12.9. The summed E-state index contributed by atoms with van der Waals surface area (Å²) in [4.78, 5) is 1.24. The van der Waals surface area contributed by atoms with Gasteiger partial charge in [0.15, 0.2) is 0 Å². The lowest BCUT2D eigenvalue weighted by atomic mass is 10.0. The molecule has 0 aliphatic rings. The molecule has 0 bridgehead atoms. The van der Waals surface area contributed by atoms with E-state index in [1.54, 1.807) is 11.3 Å². The summed E-state index contributed by atoms with van der Waals surface area (Å²) >= 11 is 15.1. The minimum Gasteiger partial charge on any atom is -0.130 e. The summed E-state index contributed by atoms with van der Waals surface area (Å²) in [5.41, 5.74) is 0. The van der Waals surface area contributed by atoms with Crippen LogP contribution in [0, 0.1) is 5.92 Å². The number of hydrogen-bond acceptors (Lipinski definition) is 1. The summed E-state index contributed by atoms with van der Waals surface area (Å²) in [6, 6.07) is 2.11. The first kappa shape index (κ1) is 13.0. The minimum absolute atomic E-state index is 0.141. The largest absolute Gasteiger partial charge is 0.130 e. The van der Waals surface area contributed by atoms with Gasteiger partial charge >= 0.3 is 0 Å². The smallest absolute Gasteiger partial charge is 0.0843 e. The van der Waals surface area contributed by atoms with E-state index in [9.17, 15) is 0 Å². The highest BCUT2D eigenvalue weighted by molar-refractivity contribution is 9.13. The van der Waals surface area contributed by atoms with Crippen molar-refractivity contribution < 1.29 is 0 Å². The van der Waals surface area contributed by atoms with E-state index in [-0.39, 0.29) is 5.38 Å². The van der Waals surface area contributed by atoms with Gasteiger partial charge in [0.05, 0.1) is 9.16 Å². The van der Waals surface area contributed by atoms with Gasteiger partial charge in [0.2, 0.25) is 0 Å². The van der Waals surface area contributed by atoms with Crippen LogP contribution in [0.4, 0.5) is 0 Å². The number of hydrogen-bond donors (Lipinski definition) is 0. The van der Waals surface area contributed by atoms with E-state index in [1.165, 1.54) is 17.7 Å². The maximum atomic E-state index is 6.39. The molecule has 0 amide bonds. The van der Waals surface area contributed by atoms with Crippen LogP contribution in [-0.2, 0) is 0 Å². The van der Waals surface area contributed by atoms with Crippen molar-refractivity contribution in [3.63, 3.8) is 0 Å². The predicted molar refractivity (Wildman–Crippen MR) is 72.4 cm³/mol. The Hall–Kier alpha value is 0.950. The van der Waals surface area contributed by atoms with Gasteiger partial charge < -0.3 is 0 Å². The fourth-order valence-electron chi connectivity index (χ4n) is 1.38. The summed E-state index contributed by atoms with van der Waals surface area (Å²) in [5.74, 6) is 0.541. The summed E-state index contributed by atoms with van der Waals surface area (Å²) in [7, 11) is 0. The Bertz CT molecular complexity index is 279. The SMILES string of the molecule is CCCC(C)C(Cl)c1cc(Br)c(Br)s1. The molecular formula is C10H13Br2ClS. The Morgan fingerprint density at radius 2 is 2.14 bits per heavy atom. The van der Waals surface area contributed by atoms with Gasteiger partial charge in [0, 0.05) is 9.35 Å². The van der Waals surface area contributed by atoms with E-state index in [1.807, 2.05) is 0 Å². The molecule has 80 valence electrons. The second-order valence-electron chi connectivity index (χ2n) is 3.44. The molecular weight excluding hydrogens is 347 g/mol. The Morgan fingerprint density at radius 3 is 2.57 bits per heavy atom. The van der Waals surface area contributed by atoms with Gasteiger partial charge in [-0.05, 0) is 50.3 Å². The molecule has 4 heteroatoms. The van der Waals surface area contributed by atoms with E-state index >= 15 is 0 Å². The van der Waals surface area contributed by atoms with Crippen molar-refractivity contribution in [2.75, 3.05) is 0 Å². The van der Waals surface area contributed by atoms with Crippen molar-refractivity contribution in [2.24, 2.45) is 5.92 Å². The zero-order valence-electron chi connectivity index (χ0n) is 8.19. The molecule has 0 aliphatic heterocycles. The van der Waals surface area contributed by atoms with E-state index in [0.717, 1.165) is 8.26 Å². The van der Waals surface area contributed by atoms with Crippen LogP contribution in [0.5, 0.6) is 0 Å². The molecule has 14 heavy (non-hydrogen) atoms. The van der Waals surface area contributed by atoms with Crippen molar-refractivity contribution in [2.45, 2.75) is 32.1 Å². The lowest BCUT2D eigenvalue weighted by Crippen LogP contribution is -2.01. The normalized spacial score (nSPS) is 15.5. The molecule has 0 spiro atoms. The van der Waals surface area contributed by atoms with Gasteiger partial charge in [-0.25, -0.2) is 0 Å². The van der Waals surface area contributed by atoms with Gasteiger partial charge in [-0.1, -0.05) is 20.3 Å². The topological polar surface area (TPSA) is 0 Å². The highest BCUT2D eigenvalue weighted by atomic mass is 79.9. The second kappa shape index (κ2) is 5.88. The fraction of sp³-hybridized carbons (Fsp3) is 0.600. The van der Waals surface area contributed by atoms with Crippen LogP contribution >= 0.6 is 54.8 Å². The monoisotopic (exact) mass is 358 g/mol. The highest BCUT2D eigenvalue weighted by Crippen LogP contribution is 2.41. The zero-order chi connectivity index (χ0) is 10.7. The Morgan fingerprint density at radius 1 is 1.50 bits per heavy atom. The molecule has 0 fully saturated rings. The number of thiophene rings is 1. The van der Waals surface area contributed by atoms with Crippen LogP contribution in [0.3, 0.4) is 0 Å². The summed E-state index contributed by atoms with van der Waals surface area (Å²) in [5, 5.41) is 0.141. The Labute approximate surface area is 111 Å². The lowest BCUT2D eigenvalue weighted by molar-refractivity contribution is 0.511. The molecule has 2 unspecified atom stereocenters. The van der Waals surface area contributed by atoms with Gasteiger partial charge in [0.25, 0.3) is 0 Å². The lowest BCUT2D eigenvalue weighted by Gasteiger charge is -2.15. The van der Waals surface area contributed by atoms with Crippen molar-refractivity contribution in [1.82, 2.24) is 0 Å². The molecule has 1 rings (SSSR count). The highest BCUT2D eigenvalue weighted by Gasteiger charge is 2.18. The Kier molecular flexibility index (Phi) is 5.47. The van der Waals surface area contributed by atoms with Crippen molar-refractivity contribution in [3.8, 4) is 0 Å². The van der Waals surface area contributed by atoms with Crippen molar-refractivity contribution >= 4 is 54.8 Å². The third kappa shape index (κ3) is 3.22. The molecule has 0 N–H and O–H groups in total. The maximum Gasteiger partial charge on any atom is 0.0843 e. The molecule has 0 aromatic carbocycles. The fourth-order valence-corrected chi connectivity index (χ4v) is 3.91. The molecule has 1 aromatic heterocycles. The molecule has 1 heterocycles. The third-order valence-electron chi connectivity index (χ3n) is 2.18. The molecule has 2 atom stereocenters. The van der Waals surface area contributed by atoms with E-state index < -0.39 is 0 Å². The first-order valence-electron chi connectivity index (χ1n) is 4.65. The number of rotatable bonds is 4. The van der Waals surface area contributed by atoms with Gasteiger partial charge in [0.1, 0.15) is 0 Å². The van der Waals surface area contributed by atoms with Crippen LogP contribution in [0.2, 0.25) is 0 Å². The number of alkyl halides is 1. The van der Waals surface area contributed by atoms with Gasteiger partial charge in [-0.2, -0.15) is 0 Å². The van der Waals surface area contributed by atoms with Crippen molar-refractivity contribution in [1.29, 1.82) is 0 Å². The van der Waals surface area contributed by atoms with E-state index in [2.05, 4.69) is 51.8 Å².